The minimum absolute atomic E-state index is 0.0191. The SMILES string of the molecule is CCc1nc(C)ccc1OCC(=O)NC1CCCc2c1cnn2-c1cccc(C)c1C. The Morgan fingerprint density at radius 1 is 1.23 bits per heavy atom. The number of hydrogen-bond donors (Lipinski definition) is 1. The van der Waals surface area contributed by atoms with Gasteiger partial charge in [-0.1, -0.05) is 19.1 Å². The first-order valence-corrected chi connectivity index (χ1v) is 11.0. The summed E-state index contributed by atoms with van der Waals surface area (Å²) in [7, 11) is 0. The first-order valence-electron chi connectivity index (χ1n) is 11.0. The summed E-state index contributed by atoms with van der Waals surface area (Å²) in [6.45, 7) is 8.21. The van der Waals surface area contributed by atoms with Crippen LogP contribution in [-0.2, 0) is 17.6 Å². The molecule has 0 radical (unpaired) electrons. The third-order valence-corrected chi connectivity index (χ3v) is 6.09. The van der Waals surface area contributed by atoms with Crippen molar-refractivity contribution < 1.29 is 9.53 Å². The Labute approximate surface area is 183 Å². The predicted octanol–water partition coefficient (Wildman–Crippen LogP) is 4.33. The molecule has 0 saturated heterocycles. The number of fused-ring (bicyclic) bond motifs is 1. The number of ether oxygens (including phenoxy) is 1. The Kier molecular flexibility index (Phi) is 6.07. The zero-order chi connectivity index (χ0) is 22.0. The van der Waals surface area contributed by atoms with Crippen molar-refractivity contribution in [3.05, 3.63) is 70.3 Å². The zero-order valence-corrected chi connectivity index (χ0v) is 18.7. The van der Waals surface area contributed by atoms with Gasteiger partial charge in [-0.25, -0.2) is 4.68 Å². The van der Waals surface area contributed by atoms with E-state index in [4.69, 9.17) is 4.74 Å². The number of amides is 1. The number of hydrogen-bond acceptors (Lipinski definition) is 4. The van der Waals surface area contributed by atoms with Crippen molar-refractivity contribution in [1.29, 1.82) is 0 Å². The molecule has 2 aromatic heterocycles. The van der Waals surface area contributed by atoms with Crippen molar-refractivity contribution in [2.45, 2.75) is 59.4 Å². The second-order valence-electron chi connectivity index (χ2n) is 8.23. The largest absolute Gasteiger partial charge is 0.482 e. The lowest BCUT2D eigenvalue weighted by atomic mass is 9.92. The molecule has 0 fully saturated rings. The molecule has 0 aliphatic heterocycles. The molecule has 1 aromatic carbocycles. The molecule has 0 bridgehead atoms. The molecule has 6 nitrogen and oxygen atoms in total. The summed E-state index contributed by atoms with van der Waals surface area (Å²) < 4.78 is 7.82. The average Bonchev–Trinajstić information content (AvgIpc) is 3.19. The van der Waals surface area contributed by atoms with Gasteiger partial charge in [0.25, 0.3) is 5.91 Å². The van der Waals surface area contributed by atoms with Crippen LogP contribution in [-0.4, -0.2) is 27.3 Å². The van der Waals surface area contributed by atoms with E-state index in [0.717, 1.165) is 48.3 Å². The number of nitrogens with zero attached hydrogens (tertiary/aromatic N) is 3. The number of aryl methyl sites for hydroxylation is 3. The van der Waals surface area contributed by atoms with E-state index in [1.807, 2.05) is 36.9 Å². The Morgan fingerprint density at radius 3 is 2.87 bits per heavy atom. The number of rotatable bonds is 6. The van der Waals surface area contributed by atoms with E-state index in [1.165, 1.54) is 16.8 Å². The fourth-order valence-electron chi connectivity index (χ4n) is 4.24. The van der Waals surface area contributed by atoms with E-state index in [1.54, 1.807) is 0 Å². The van der Waals surface area contributed by atoms with Crippen LogP contribution in [0.5, 0.6) is 5.75 Å². The van der Waals surface area contributed by atoms with Crippen LogP contribution in [0.4, 0.5) is 0 Å². The number of benzene rings is 1. The van der Waals surface area contributed by atoms with Gasteiger partial charge in [0.15, 0.2) is 6.61 Å². The van der Waals surface area contributed by atoms with Crippen LogP contribution in [0.1, 0.15) is 59.6 Å². The molecule has 4 rings (SSSR count). The van der Waals surface area contributed by atoms with E-state index in [-0.39, 0.29) is 18.6 Å². The maximum atomic E-state index is 12.7. The first kappa shape index (κ1) is 21.1. The van der Waals surface area contributed by atoms with Gasteiger partial charge in [0.2, 0.25) is 0 Å². The maximum Gasteiger partial charge on any atom is 0.258 e. The smallest absolute Gasteiger partial charge is 0.258 e. The van der Waals surface area contributed by atoms with Crippen molar-refractivity contribution in [2.75, 3.05) is 6.61 Å². The maximum absolute atomic E-state index is 12.7. The van der Waals surface area contributed by atoms with Crippen molar-refractivity contribution in [3.8, 4) is 11.4 Å². The van der Waals surface area contributed by atoms with E-state index in [0.29, 0.717) is 5.75 Å². The molecular weight excluding hydrogens is 388 g/mol. The molecule has 1 aliphatic carbocycles. The molecule has 0 spiro atoms. The van der Waals surface area contributed by atoms with Crippen LogP contribution in [0.15, 0.2) is 36.5 Å². The Hall–Kier alpha value is -3.15. The summed E-state index contributed by atoms with van der Waals surface area (Å²) in [5.41, 5.74) is 7.69. The monoisotopic (exact) mass is 418 g/mol. The van der Waals surface area contributed by atoms with Crippen molar-refractivity contribution in [2.24, 2.45) is 0 Å². The summed E-state index contributed by atoms with van der Waals surface area (Å²) in [6.07, 6.45) is 5.55. The second-order valence-corrected chi connectivity index (χ2v) is 8.23. The Bertz CT molecular complexity index is 1100. The molecule has 1 aliphatic rings. The van der Waals surface area contributed by atoms with Gasteiger partial charge in [0.05, 0.1) is 23.6 Å². The molecule has 1 N–H and O–H groups in total. The summed E-state index contributed by atoms with van der Waals surface area (Å²) in [4.78, 5) is 17.1. The van der Waals surface area contributed by atoms with Gasteiger partial charge in [0.1, 0.15) is 5.75 Å². The highest BCUT2D eigenvalue weighted by Crippen LogP contribution is 2.32. The van der Waals surface area contributed by atoms with Crippen LogP contribution in [0.3, 0.4) is 0 Å². The van der Waals surface area contributed by atoms with Gasteiger partial charge >= 0.3 is 0 Å². The Balaban J connectivity index is 1.47. The highest BCUT2D eigenvalue weighted by atomic mass is 16.5. The molecule has 31 heavy (non-hydrogen) atoms. The van der Waals surface area contributed by atoms with Gasteiger partial charge < -0.3 is 10.1 Å². The standard InChI is InChI=1S/C25H30N4O2/c1-5-20-24(13-12-17(3)27-20)31-15-25(30)28-21-9-7-11-23-19(21)14-26-29(23)22-10-6-8-16(2)18(22)4/h6,8,10,12-14,21H,5,7,9,11,15H2,1-4H3,(H,28,30). The van der Waals surface area contributed by atoms with Crippen LogP contribution in [0, 0.1) is 20.8 Å². The van der Waals surface area contributed by atoms with Crippen LogP contribution in [0.25, 0.3) is 5.69 Å². The van der Waals surface area contributed by atoms with Gasteiger partial charge in [-0.2, -0.15) is 5.10 Å². The minimum Gasteiger partial charge on any atom is -0.482 e. The molecule has 3 aromatic rings. The molecule has 6 heteroatoms. The van der Waals surface area contributed by atoms with E-state index >= 15 is 0 Å². The van der Waals surface area contributed by atoms with Crippen LogP contribution in [0.2, 0.25) is 0 Å². The summed E-state index contributed by atoms with van der Waals surface area (Å²) in [5, 5.41) is 7.83. The average molecular weight is 419 g/mol. The van der Waals surface area contributed by atoms with Gasteiger partial charge in [-0.15, -0.1) is 0 Å². The number of carbonyl (C=O) groups excluding carboxylic acids is 1. The van der Waals surface area contributed by atoms with E-state index in [9.17, 15) is 4.79 Å². The zero-order valence-electron chi connectivity index (χ0n) is 18.7. The summed E-state index contributed by atoms with van der Waals surface area (Å²) in [6, 6.07) is 10.0. The fraction of sp³-hybridized carbons (Fsp3) is 0.400. The second kappa shape index (κ2) is 8.92. The Morgan fingerprint density at radius 2 is 2.06 bits per heavy atom. The molecule has 0 saturated carbocycles. The predicted molar refractivity (Wildman–Crippen MR) is 121 cm³/mol. The summed E-state index contributed by atoms with van der Waals surface area (Å²) >= 11 is 0. The molecule has 2 heterocycles. The third-order valence-electron chi connectivity index (χ3n) is 6.09. The molecule has 1 atom stereocenters. The topological polar surface area (TPSA) is 69.0 Å². The lowest BCUT2D eigenvalue weighted by Crippen LogP contribution is -2.34. The highest BCUT2D eigenvalue weighted by Gasteiger charge is 2.26. The number of pyridine rings is 1. The minimum atomic E-state index is -0.125. The van der Waals surface area contributed by atoms with Crippen molar-refractivity contribution in [3.63, 3.8) is 0 Å². The quantitative estimate of drug-likeness (QED) is 0.647. The van der Waals surface area contributed by atoms with Crippen molar-refractivity contribution in [1.82, 2.24) is 20.1 Å². The molecule has 1 unspecified atom stereocenters. The lowest BCUT2D eigenvalue weighted by Gasteiger charge is -2.24. The highest BCUT2D eigenvalue weighted by molar-refractivity contribution is 5.78. The molecule has 162 valence electrons. The van der Waals surface area contributed by atoms with Crippen LogP contribution >= 0.6 is 0 Å². The van der Waals surface area contributed by atoms with Gasteiger partial charge in [-0.05, 0) is 75.8 Å². The van der Waals surface area contributed by atoms with Gasteiger partial charge in [-0.3, -0.25) is 9.78 Å². The van der Waals surface area contributed by atoms with E-state index in [2.05, 4.69) is 47.4 Å². The number of aromatic nitrogens is 3. The number of carbonyl (C=O) groups is 1. The lowest BCUT2D eigenvalue weighted by molar-refractivity contribution is -0.124. The first-order chi connectivity index (χ1) is 15.0. The fourth-order valence-corrected chi connectivity index (χ4v) is 4.24. The van der Waals surface area contributed by atoms with Gasteiger partial charge in [0, 0.05) is 17.0 Å². The third kappa shape index (κ3) is 4.33. The summed E-state index contributed by atoms with van der Waals surface area (Å²) in [5.74, 6) is 0.551. The number of nitrogens with one attached hydrogen (secondary N) is 1. The van der Waals surface area contributed by atoms with E-state index < -0.39 is 0 Å². The van der Waals surface area contributed by atoms with Crippen molar-refractivity contribution >= 4 is 5.91 Å². The van der Waals surface area contributed by atoms with Crippen LogP contribution < -0.4 is 10.1 Å². The molecular formula is C25H30N4O2. The normalized spacial score (nSPS) is 15.4. The molecule has 1 amide bonds.